The molecule has 0 radical (unpaired) electrons. The molecule has 270 valence electrons. The second-order valence-corrected chi connectivity index (χ2v) is 17.9. The second kappa shape index (κ2) is 13.3. The number of fused-ring (bicyclic) bond motifs is 5. The zero-order chi connectivity index (χ0) is 34.8. The highest BCUT2D eigenvalue weighted by molar-refractivity contribution is 6.30. The summed E-state index contributed by atoms with van der Waals surface area (Å²) in [6.07, 6.45) is 8.54. The standard InChI is InChI=1S/C39H60O9/c1-21(2)22(3)9-10-23(4)27-13-14-28-26-12-11-24-19-25(15-17-38(24,7)29(26)16-18-39(27,28)8)45-35(42)36(43)47-33-31(40)32(46-34(33)41)30-20-44-37(5,6)48-30/h21-30,32-33H,9-20H2,1-8H3/t22?,23-,24-,25-,26-,27+,28-,29-,30?,32?,33?,38-,39+/m0/s1. The fourth-order valence-corrected chi connectivity index (χ4v) is 11.5. The van der Waals surface area contributed by atoms with Crippen LogP contribution in [0.2, 0.25) is 0 Å². The van der Waals surface area contributed by atoms with Gasteiger partial charge in [0.15, 0.2) is 11.9 Å². The summed E-state index contributed by atoms with van der Waals surface area (Å²) in [5.41, 5.74) is 0.652. The Labute approximate surface area is 287 Å². The predicted octanol–water partition coefficient (Wildman–Crippen LogP) is 6.82. The first-order valence-electron chi connectivity index (χ1n) is 19.0. The Morgan fingerprint density at radius 3 is 2.21 bits per heavy atom. The van der Waals surface area contributed by atoms with E-state index in [0.717, 1.165) is 54.8 Å². The van der Waals surface area contributed by atoms with Crippen molar-refractivity contribution in [1.29, 1.82) is 0 Å². The van der Waals surface area contributed by atoms with E-state index in [-0.39, 0.29) is 18.1 Å². The minimum Gasteiger partial charge on any atom is -0.454 e. The Morgan fingerprint density at radius 2 is 1.52 bits per heavy atom. The van der Waals surface area contributed by atoms with E-state index in [1.807, 2.05) is 0 Å². The van der Waals surface area contributed by atoms with Crippen LogP contribution in [0.25, 0.3) is 0 Å². The molecule has 6 rings (SSSR count). The van der Waals surface area contributed by atoms with Crippen molar-refractivity contribution >= 4 is 23.7 Å². The largest absolute Gasteiger partial charge is 0.454 e. The van der Waals surface area contributed by atoms with Crippen LogP contribution in [0.15, 0.2) is 0 Å². The summed E-state index contributed by atoms with van der Waals surface area (Å²) in [6.45, 7) is 18.2. The maximum Gasteiger partial charge on any atom is 0.418 e. The van der Waals surface area contributed by atoms with Gasteiger partial charge in [0, 0.05) is 0 Å². The van der Waals surface area contributed by atoms with E-state index in [1.54, 1.807) is 13.8 Å². The van der Waals surface area contributed by atoms with Crippen molar-refractivity contribution in [3.05, 3.63) is 0 Å². The topological polar surface area (TPSA) is 114 Å². The molecular formula is C39H60O9. The molecule has 13 atom stereocenters. The molecule has 2 heterocycles. The lowest BCUT2D eigenvalue weighted by Gasteiger charge is -2.61. The van der Waals surface area contributed by atoms with Gasteiger partial charge in [0.1, 0.15) is 12.2 Å². The number of cyclic esters (lactones) is 1. The minimum atomic E-state index is -1.81. The summed E-state index contributed by atoms with van der Waals surface area (Å²) in [5, 5.41) is 0. The van der Waals surface area contributed by atoms with Gasteiger partial charge < -0.3 is 23.7 Å². The van der Waals surface area contributed by atoms with Gasteiger partial charge in [-0.15, -0.1) is 0 Å². The molecule has 4 saturated carbocycles. The van der Waals surface area contributed by atoms with E-state index < -0.39 is 47.8 Å². The lowest BCUT2D eigenvalue weighted by Crippen LogP contribution is -2.54. The van der Waals surface area contributed by atoms with Gasteiger partial charge in [-0.05, 0) is 130 Å². The molecule has 9 heteroatoms. The minimum absolute atomic E-state index is 0.0560. The van der Waals surface area contributed by atoms with Crippen LogP contribution in [0.3, 0.4) is 0 Å². The smallest absolute Gasteiger partial charge is 0.418 e. The molecule has 6 fully saturated rings. The van der Waals surface area contributed by atoms with Crippen molar-refractivity contribution in [2.45, 2.75) is 156 Å². The molecule has 0 aromatic heterocycles. The zero-order valence-electron chi connectivity index (χ0n) is 30.6. The molecule has 0 aromatic rings. The third-order valence-electron chi connectivity index (χ3n) is 14.6. The molecule has 2 saturated heterocycles. The first kappa shape index (κ1) is 35.8. The third kappa shape index (κ3) is 6.49. The highest BCUT2D eigenvalue weighted by Crippen LogP contribution is 2.68. The van der Waals surface area contributed by atoms with Gasteiger partial charge in [0.25, 0.3) is 6.10 Å². The van der Waals surface area contributed by atoms with Gasteiger partial charge in [0.2, 0.25) is 5.78 Å². The summed E-state index contributed by atoms with van der Waals surface area (Å²) >= 11 is 0. The van der Waals surface area contributed by atoms with Gasteiger partial charge in [-0.25, -0.2) is 14.4 Å². The Bertz CT molecular complexity index is 1260. The first-order chi connectivity index (χ1) is 22.5. The monoisotopic (exact) mass is 672 g/mol. The zero-order valence-corrected chi connectivity index (χ0v) is 30.6. The molecule has 48 heavy (non-hydrogen) atoms. The van der Waals surface area contributed by atoms with Crippen LogP contribution >= 0.6 is 0 Å². The molecule has 4 aliphatic carbocycles. The number of ketones is 1. The fourth-order valence-electron chi connectivity index (χ4n) is 11.5. The van der Waals surface area contributed by atoms with E-state index in [2.05, 4.69) is 41.5 Å². The lowest BCUT2D eigenvalue weighted by atomic mass is 9.44. The number of esters is 3. The predicted molar refractivity (Wildman–Crippen MR) is 177 cm³/mol. The molecule has 4 unspecified atom stereocenters. The summed E-state index contributed by atoms with van der Waals surface area (Å²) in [5.74, 6) is 0.636. The van der Waals surface area contributed by atoms with Crippen LogP contribution in [0.4, 0.5) is 0 Å². The summed E-state index contributed by atoms with van der Waals surface area (Å²) in [4.78, 5) is 50.9. The second-order valence-electron chi connectivity index (χ2n) is 17.9. The average Bonchev–Trinajstić information content (AvgIpc) is 3.67. The van der Waals surface area contributed by atoms with Crippen molar-refractivity contribution in [2.24, 2.45) is 58.2 Å². The van der Waals surface area contributed by atoms with E-state index >= 15 is 0 Å². The van der Waals surface area contributed by atoms with E-state index in [0.29, 0.717) is 23.7 Å². The molecular weight excluding hydrogens is 612 g/mol. The first-order valence-corrected chi connectivity index (χ1v) is 19.0. The highest BCUT2D eigenvalue weighted by atomic mass is 16.8. The Kier molecular flexibility index (Phi) is 9.91. The molecule has 0 N–H and O–H groups in total. The van der Waals surface area contributed by atoms with Crippen molar-refractivity contribution in [3.63, 3.8) is 0 Å². The molecule has 0 aromatic carbocycles. The van der Waals surface area contributed by atoms with E-state index in [4.69, 9.17) is 23.7 Å². The Balaban J connectivity index is 1.01. The molecule has 0 bridgehead atoms. The fraction of sp³-hybridized carbons (Fsp3) is 0.897. The summed E-state index contributed by atoms with van der Waals surface area (Å²) < 4.78 is 27.0. The lowest BCUT2D eigenvalue weighted by molar-refractivity contribution is -0.181. The quantitative estimate of drug-likeness (QED) is 0.119. The van der Waals surface area contributed by atoms with Gasteiger partial charge in [0.05, 0.1) is 6.61 Å². The van der Waals surface area contributed by atoms with Crippen LogP contribution < -0.4 is 0 Å². The third-order valence-corrected chi connectivity index (χ3v) is 14.6. The number of carbonyl (C=O) groups excluding carboxylic acids is 4. The maximum absolute atomic E-state index is 12.9. The number of hydrogen-bond acceptors (Lipinski definition) is 9. The molecule has 0 amide bonds. The van der Waals surface area contributed by atoms with Crippen molar-refractivity contribution < 1.29 is 42.9 Å². The van der Waals surface area contributed by atoms with Crippen LogP contribution in [-0.2, 0) is 42.9 Å². The molecule has 0 spiro atoms. The van der Waals surface area contributed by atoms with Crippen molar-refractivity contribution in [3.8, 4) is 0 Å². The number of Topliss-reactive ketones (excluding diaryl/α,β-unsaturated/α-hetero) is 1. The Hall–Kier alpha value is -2.00. The van der Waals surface area contributed by atoms with Gasteiger partial charge in [-0.1, -0.05) is 54.4 Å². The number of ether oxygens (including phenoxy) is 5. The van der Waals surface area contributed by atoms with Crippen LogP contribution in [0, 0.1) is 58.2 Å². The van der Waals surface area contributed by atoms with Gasteiger partial charge in [-0.2, -0.15) is 0 Å². The van der Waals surface area contributed by atoms with Crippen molar-refractivity contribution in [1.82, 2.24) is 0 Å². The van der Waals surface area contributed by atoms with Crippen LogP contribution in [-0.4, -0.2) is 60.5 Å². The van der Waals surface area contributed by atoms with Gasteiger partial charge >= 0.3 is 17.9 Å². The molecule has 9 nitrogen and oxygen atoms in total. The number of rotatable bonds is 8. The summed E-state index contributed by atoms with van der Waals surface area (Å²) in [7, 11) is 0. The van der Waals surface area contributed by atoms with E-state index in [9.17, 15) is 19.2 Å². The average molecular weight is 673 g/mol. The van der Waals surface area contributed by atoms with E-state index in [1.165, 1.54) is 44.9 Å². The number of carbonyl (C=O) groups is 4. The molecule has 2 aliphatic heterocycles. The van der Waals surface area contributed by atoms with Crippen LogP contribution in [0.5, 0.6) is 0 Å². The van der Waals surface area contributed by atoms with Crippen molar-refractivity contribution in [2.75, 3.05) is 6.61 Å². The SMILES string of the molecule is CC(C)C(C)CC[C@H](C)[C@H]1CC[C@H]2[C@@H]3CC[C@H]4C[C@@H](OC(=O)C(=O)OC5C(=O)OC(C6COC(C)(C)O6)C5=O)CC[C@]4(C)[C@H]3CC[C@]12C. The molecule has 6 aliphatic rings. The van der Waals surface area contributed by atoms with Crippen LogP contribution in [0.1, 0.15) is 126 Å². The summed E-state index contributed by atoms with van der Waals surface area (Å²) in [6, 6.07) is 0. The number of hydrogen-bond donors (Lipinski definition) is 0. The maximum atomic E-state index is 12.9. The normalized spacial score (nSPS) is 43.1. The highest BCUT2D eigenvalue weighted by Gasteiger charge is 2.61. The van der Waals surface area contributed by atoms with Gasteiger partial charge in [-0.3, -0.25) is 4.79 Å². The Morgan fingerprint density at radius 1 is 0.833 bits per heavy atom.